The molecule has 1 unspecified atom stereocenters. The Morgan fingerprint density at radius 2 is 1.84 bits per heavy atom. The van der Waals surface area contributed by atoms with Gasteiger partial charge in [0, 0.05) is 18.8 Å². The molecule has 3 rings (SSSR count). The molecule has 1 atom stereocenters. The van der Waals surface area contributed by atoms with Gasteiger partial charge in [-0.1, -0.05) is 24.3 Å². The van der Waals surface area contributed by atoms with Crippen molar-refractivity contribution in [3.8, 4) is 5.75 Å². The first-order chi connectivity index (χ1) is 12.1. The smallest absolute Gasteiger partial charge is 0.226 e. The van der Waals surface area contributed by atoms with Crippen LogP contribution in [0.1, 0.15) is 30.5 Å². The summed E-state index contributed by atoms with van der Waals surface area (Å²) >= 11 is 0. The number of nitrogens with zero attached hydrogens (tertiary/aromatic N) is 1. The zero-order valence-corrected chi connectivity index (χ0v) is 14.2. The molecule has 1 N–H and O–H groups in total. The lowest BCUT2D eigenvalue weighted by molar-refractivity contribution is -0.129. The van der Waals surface area contributed by atoms with E-state index in [9.17, 15) is 9.59 Å². The predicted octanol–water partition coefficient (Wildman–Crippen LogP) is 3.60. The van der Waals surface area contributed by atoms with Gasteiger partial charge in [-0.15, -0.1) is 0 Å². The van der Waals surface area contributed by atoms with E-state index in [-0.39, 0.29) is 24.3 Å². The number of carbonyl (C=O) groups is 2. The molecule has 0 bridgehead atoms. The number of rotatable bonds is 4. The van der Waals surface area contributed by atoms with E-state index in [4.69, 9.17) is 4.74 Å². The van der Waals surface area contributed by atoms with Gasteiger partial charge in [-0.05, 0) is 41.5 Å². The van der Waals surface area contributed by atoms with Gasteiger partial charge < -0.3 is 15.0 Å². The Morgan fingerprint density at radius 3 is 2.52 bits per heavy atom. The van der Waals surface area contributed by atoms with Crippen LogP contribution >= 0.6 is 0 Å². The molecule has 1 heterocycles. The summed E-state index contributed by atoms with van der Waals surface area (Å²) in [5.74, 6) is 0.492. The van der Waals surface area contributed by atoms with Crippen LogP contribution in [0, 0.1) is 0 Å². The largest absolute Gasteiger partial charge is 0.497 e. The van der Waals surface area contributed by atoms with Crippen LogP contribution in [0.3, 0.4) is 0 Å². The first-order valence-electron chi connectivity index (χ1n) is 8.08. The van der Waals surface area contributed by atoms with E-state index in [1.807, 2.05) is 30.3 Å². The fraction of sp³-hybridized carbons (Fsp3) is 0.200. The molecular formula is C20H20N2O3. The quantitative estimate of drug-likeness (QED) is 0.928. The molecule has 2 aromatic carbocycles. The van der Waals surface area contributed by atoms with E-state index in [0.717, 1.165) is 16.9 Å². The summed E-state index contributed by atoms with van der Waals surface area (Å²) in [5, 5.41) is 2.87. The molecule has 2 aromatic rings. The monoisotopic (exact) mass is 336 g/mol. The van der Waals surface area contributed by atoms with Crippen LogP contribution in [0.5, 0.6) is 5.75 Å². The van der Waals surface area contributed by atoms with Gasteiger partial charge in [0.1, 0.15) is 5.75 Å². The van der Waals surface area contributed by atoms with E-state index in [0.29, 0.717) is 5.69 Å². The van der Waals surface area contributed by atoms with Crippen molar-refractivity contribution in [2.24, 2.45) is 0 Å². The fourth-order valence-electron chi connectivity index (χ4n) is 2.98. The molecule has 0 fully saturated rings. The van der Waals surface area contributed by atoms with Gasteiger partial charge in [0.25, 0.3) is 0 Å². The molecule has 25 heavy (non-hydrogen) atoms. The number of fused-ring (bicyclic) bond motifs is 1. The Kier molecular flexibility index (Phi) is 4.84. The van der Waals surface area contributed by atoms with E-state index >= 15 is 0 Å². The van der Waals surface area contributed by atoms with Gasteiger partial charge in [0.15, 0.2) is 0 Å². The highest BCUT2D eigenvalue weighted by Gasteiger charge is 2.28. The highest BCUT2D eigenvalue weighted by Crippen LogP contribution is 2.33. The maximum absolute atomic E-state index is 12.5. The summed E-state index contributed by atoms with van der Waals surface area (Å²) in [6, 6.07) is 14.6. The van der Waals surface area contributed by atoms with Crippen LogP contribution < -0.4 is 10.1 Å². The lowest BCUT2D eigenvalue weighted by Gasteiger charge is -2.32. The van der Waals surface area contributed by atoms with Crippen molar-refractivity contribution >= 4 is 23.6 Å². The summed E-state index contributed by atoms with van der Waals surface area (Å²) in [6.07, 6.45) is 3.83. The Labute approximate surface area is 146 Å². The molecule has 0 radical (unpaired) electrons. The summed E-state index contributed by atoms with van der Waals surface area (Å²) in [6.45, 7) is 1.51. The van der Waals surface area contributed by atoms with Crippen LogP contribution in [0.2, 0.25) is 0 Å². The van der Waals surface area contributed by atoms with Crippen molar-refractivity contribution in [3.63, 3.8) is 0 Å². The number of nitrogens with one attached hydrogen (secondary N) is 1. The zero-order chi connectivity index (χ0) is 17.8. The lowest BCUT2D eigenvalue weighted by atomic mass is 9.93. The topological polar surface area (TPSA) is 58.6 Å². The molecule has 5 nitrogen and oxygen atoms in total. The van der Waals surface area contributed by atoms with Crippen LogP contribution in [0.15, 0.2) is 54.7 Å². The molecule has 5 heteroatoms. The standard InChI is InChI=1S/C20H20N2O3/c1-14(23)22-12-11-15-5-3-4-6-18(15)19(22)13-20(24)21-16-7-9-17(25-2)10-8-16/h3-12,19H,13H2,1-2H3,(H,21,24). The molecular weight excluding hydrogens is 316 g/mol. The van der Waals surface area contributed by atoms with Gasteiger partial charge in [0.2, 0.25) is 11.8 Å². The summed E-state index contributed by atoms with van der Waals surface area (Å²) in [4.78, 5) is 26.1. The number of hydrogen-bond acceptors (Lipinski definition) is 3. The van der Waals surface area contributed by atoms with Gasteiger partial charge >= 0.3 is 0 Å². The maximum atomic E-state index is 12.5. The minimum absolute atomic E-state index is 0.0898. The Morgan fingerprint density at radius 1 is 1.12 bits per heavy atom. The van der Waals surface area contributed by atoms with Crippen LogP contribution in [-0.2, 0) is 9.59 Å². The van der Waals surface area contributed by atoms with Crippen molar-refractivity contribution in [2.75, 3.05) is 12.4 Å². The third-order valence-electron chi connectivity index (χ3n) is 4.22. The average molecular weight is 336 g/mol. The first kappa shape index (κ1) is 16.8. The number of amides is 2. The van der Waals surface area contributed by atoms with E-state index in [2.05, 4.69) is 5.32 Å². The predicted molar refractivity (Wildman–Crippen MR) is 97.0 cm³/mol. The molecule has 0 spiro atoms. The Bertz CT molecular complexity index is 812. The SMILES string of the molecule is COc1ccc(NC(=O)CC2c3ccccc3C=CN2C(C)=O)cc1. The van der Waals surface area contributed by atoms with Crippen molar-refractivity contribution in [1.82, 2.24) is 4.90 Å². The van der Waals surface area contributed by atoms with E-state index in [1.165, 1.54) is 6.92 Å². The van der Waals surface area contributed by atoms with Gasteiger partial charge in [-0.25, -0.2) is 0 Å². The molecule has 0 aromatic heterocycles. The molecule has 0 saturated heterocycles. The molecule has 1 aliphatic rings. The summed E-state index contributed by atoms with van der Waals surface area (Å²) in [5.41, 5.74) is 2.70. The van der Waals surface area contributed by atoms with Crippen LogP contribution in [0.25, 0.3) is 6.08 Å². The number of ether oxygens (including phenoxy) is 1. The highest BCUT2D eigenvalue weighted by molar-refractivity contribution is 5.92. The lowest BCUT2D eigenvalue weighted by Crippen LogP contribution is -2.33. The number of benzene rings is 2. The third-order valence-corrected chi connectivity index (χ3v) is 4.22. The van der Waals surface area contributed by atoms with Crippen molar-refractivity contribution in [2.45, 2.75) is 19.4 Å². The normalized spacial score (nSPS) is 15.4. The molecule has 0 aliphatic carbocycles. The first-order valence-corrected chi connectivity index (χ1v) is 8.08. The summed E-state index contributed by atoms with van der Waals surface area (Å²) < 4.78 is 5.11. The fourth-order valence-corrected chi connectivity index (χ4v) is 2.98. The van der Waals surface area contributed by atoms with Gasteiger partial charge in [-0.3, -0.25) is 9.59 Å². The summed E-state index contributed by atoms with van der Waals surface area (Å²) in [7, 11) is 1.60. The Balaban J connectivity index is 1.77. The van der Waals surface area contributed by atoms with Gasteiger partial charge in [0.05, 0.1) is 19.6 Å². The van der Waals surface area contributed by atoms with Crippen LogP contribution in [0.4, 0.5) is 5.69 Å². The molecule has 1 aliphatic heterocycles. The molecule has 128 valence electrons. The second-order valence-corrected chi connectivity index (χ2v) is 5.87. The highest BCUT2D eigenvalue weighted by atomic mass is 16.5. The molecule has 0 saturated carbocycles. The van der Waals surface area contributed by atoms with Crippen LogP contribution in [-0.4, -0.2) is 23.8 Å². The Hall–Kier alpha value is -3.08. The minimum Gasteiger partial charge on any atom is -0.497 e. The number of methoxy groups -OCH3 is 1. The maximum Gasteiger partial charge on any atom is 0.226 e. The third kappa shape index (κ3) is 3.71. The average Bonchev–Trinajstić information content (AvgIpc) is 2.62. The number of hydrogen-bond donors (Lipinski definition) is 1. The molecule has 2 amide bonds. The van der Waals surface area contributed by atoms with Gasteiger partial charge in [-0.2, -0.15) is 0 Å². The van der Waals surface area contributed by atoms with E-state index in [1.54, 1.807) is 42.5 Å². The second kappa shape index (κ2) is 7.21. The zero-order valence-electron chi connectivity index (χ0n) is 14.2. The van der Waals surface area contributed by atoms with Crippen molar-refractivity contribution in [3.05, 3.63) is 65.9 Å². The number of carbonyl (C=O) groups excluding carboxylic acids is 2. The van der Waals surface area contributed by atoms with E-state index < -0.39 is 0 Å². The minimum atomic E-state index is -0.308. The second-order valence-electron chi connectivity index (χ2n) is 5.87. The van der Waals surface area contributed by atoms with Crippen molar-refractivity contribution < 1.29 is 14.3 Å². The van der Waals surface area contributed by atoms with Crippen molar-refractivity contribution in [1.29, 1.82) is 0 Å². The number of anilines is 1.